The number of nitrogens with zero attached hydrogens (tertiary/aromatic N) is 3. The molecule has 2 aromatic heterocycles. The molecule has 0 saturated carbocycles. The molecule has 5 nitrogen and oxygen atoms in total. The van der Waals surface area contributed by atoms with Gasteiger partial charge in [0.1, 0.15) is 10.6 Å². The van der Waals surface area contributed by atoms with Crippen molar-refractivity contribution in [1.29, 1.82) is 0 Å². The third-order valence-electron chi connectivity index (χ3n) is 4.59. The van der Waals surface area contributed by atoms with Gasteiger partial charge in [0.15, 0.2) is 0 Å². The van der Waals surface area contributed by atoms with E-state index in [-0.39, 0.29) is 30.2 Å². The first kappa shape index (κ1) is 18.8. The summed E-state index contributed by atoms with van der Waals surface area (Å²) in [4.78, 5) is 16.5. The van der Waals surface area contributed by atoms with Gasteiger partial charge in [-0.2, -0.15) is 5.10 Å². The highest BCUT2D eigenvalue weighted by molar-refractivity contribution is 7.20. The summed E-state index contributed by atoms with van der Waals surface area (Å²) < 4.78 is 15.0. The highest BCUT2D eigenvalue weighted by Gasteiger charge is 2.26. The van der Waals surface area contributed by atoms with Gasteiger partial charge in [-0.15, -0.1) is 23.7 Å². The summed E-state index contributed by atoms with van der Waals surface area (Å²) in [5.74, 6) is -0.209. The molecule has 8 heteroatoms. The Morgan fingerprint density at radius 1 is 1.35 bits per heavy atom. The predicted octanol–water partition coefficient (Wildman–Crippen LogP) is 3.39. The van der Waals surface area contributed by atoms with Crippen LogP contribution < -0.4 is 5.32 Å². The smallest absolute Gasteiger partial charge is 0.264 e. The summed E-state index contributed by atoms with van der Waals surface area (Å²) in [6.07, 6.45) is 0. The highest BCUT2D eigenvalue weighted by atomic mass is 35.5. The molecule has 1 aliphatic rings. The van der Waals surface area contributed by atoms with Gasteiger partial charge in [0, 0.05) is 31.1 Å². The van der Waals surface area contributed by atoms with Gasteiger partial charge in [0.25, 0.3) is 5.91 Å². The first-order valence-electron chi connectivity index (χ1n) is 8.31. The van der Waals surface area contributed by atoms with Crippen molar-refractivity contribution in [3.05, 3.63) is 46.7 Å². The molecule has 1 aliphatic heterocycles. The number of rotatable bonds is 2. The number of thiophene rings is 1. The van der Waals surface area contributed by atoms with E-state index in [1.165, 1.54) is 23.5 Å². The Hall–Kier alpha value is -1.96. The van der Waals surface area contributed by atoms with E-state index in [0.29, 0.717) is 0 Å². The number of aryl methyl sites for hydroxylation is 1. The molecule has 0 radical (unpaired) electrons. The zero-order valence-electron chi connectivity index (χ0n) is 14.5. The molecule has 4 rings (SSSR count). The number of piperazine rings is 1. The molecule has 1 unspecified atom stereocenters. The van der Waals surface area contributed by atoms with Crippen molar-refractivity contribution in [3.8, 4) is 5.69 Å². The Morgan fingerprint density at radius 3 is 2.77 bits per heavy atom. The molecule has 0 spiro atoms. The highest BCUT2D eigenvalue weighted by Crippen LogP contribution is 2.31. The van der Waals surface area contributed by atoms with Crippen molar-refractivity contribution < 1.29 is 9.18 Å². The second kappa shape index (κ2) is 7.34. The summed E-state index contributed by atoms with van der Waals surface area (Å²) in [6.45, 7) is 6.35. The van der Waals surface area contributed by atoms with Crippen molar-refractivity contribution in [2.24, 2.45) is 0 Å². The van der Waals surface area contributed by atoms with Crippen LogP contribution in [-0.2, 0) is 0 Å². The second-order valence-electron chi connectivity index (χ2n) is 6.35. The summed E-state index contributed by atoms with van der Waals surface area (Å²) in [7, 11) is 0. The molecule has 1 amide bonds. The molecule has 0 bridgehead atoms. The van der Waals surface area contributed by atoms with E-state index in [0.717, 1.165) is 46.1 Å². The van der Waals surface area contributed by atoms with Crippen molar-refractivity contribution in [2.75, 3.05) is 19.6 Å². The molecule has 1 saturated heterocycles. The van der Waals surface area contributed by atoms with Crippen LogP contribution in [0, 0.1) is 12.7 Å². The zero-order valence-corrected chi connectivity index (χ0v) is 16.2. The Balaban J connectivity index is 0.00000196. The summed E-state index contributed by atoms with van der Waals surface area (Å²) in [5, 5.41) is 8.82. The fourth-order valence-corrected chi connectivity index (χ4v) is 4.33. The number of fused-ring (bicyclic) bond motifs is 1. The molecule has 138 valence electrons. The molecular formula is C18H20ClFN4OS. The summed E-state index contributed by atoms with van der Waals surface area (Å²) in [5.41, 5.74) is 1.65. The summed E-state index contributed by atoms with van der Waals surface area (Å²) >= 11 is 1.44. The average Bonchev–Trinajstić information content (AvgIpc) is 3.17. The van der Waals surface area contributed by atoms with Crippen LogP contribution in [0.5, 0.6) is 0 Å². The van der Waals surface area contributed by atoms with Gasteiger partial charge < -0.3 is 10.2 Å². The standard InChI is InChI=1S/C18H19FN4OS.ClH/c1-11-10-20-7-8-22(11)17(24)16-9-15-12(2)21-23(18(15)25-16)14-5-3-13(19)4-6-14;/h3-6,9,11,20H,7-8,10H2,1-2H3;1H. The number of halogens is 2. The molecule has 0 aliphatic carbocycles. The van der Waals surface area contributed by atoms with Crippen LogP contribution in [0.25, 0.3) is 15.9 Å². The molecule has 3 heterocycles. The second-order valence-corrected chi connectivity index (χ2v) is 7.39. The third kappa shape index (κ3) is 3.22. The first-order valence-corrected chi connectivity index (χ1v) is 9.13. The maximum atomic E-state index is 13.2. The fraction of sp³-hybridized carbons (Fsp3) is 0.333. The average molecular weight is 395 g/mol. The van der Waals surface area contributed by atoms with Crippen LogP contribution in [0.2, 0.25) is 0 Å². The third-order valence-corrected chi connectivity index (χ3v) is 5.69. The molecule has 26 heavy (non-hydrogen) atoms. The number of hydrogen-bond acceptors (Lipinski definition) is 4. The van der Waals surface area contributed by atoms with E-state index in [1.807, 2.05) is 17.9 Å². The fourth-order valence-electron chi connectivity index (χ4n) is 3.19. The Bertz CT molecular complexity index is 937. The van der Waals surface area contributed by atoms with Gasteiger partial charge in [0.2, 0.25) is 0 Å². The van der Waals surface area contributed by atoms with Crippen LogP contribution in [0.4, 0.5) is 4.39 Å². The minimum Gasteiger partial charge on any atom is -0.333 e. The molecule has 3 aromatic rings. The largest absolute Gasteiger partial charge is 0.333 e. The molecular weight excluding hydrogens is 375 g/mol. The van der Waals surface area contributed by atoms with Gasteiger partial charge in [-0.3, -0.25) is 4.79 Å². The van der Waals surface area contributed by atoms with E-state index in [2.05, 4.69) is 17.3 Å². The van der Waals surface area contributed by atoms with E-state index in [9.17, 15) is 9.18 Å². The summed E-state index contributed by atoms with van der Waals surface area (Å²) in [6, 6.07) is 8.34. The van der Waals surface area contributed by atoms with E-state index < -0.39 is 0 Å². The molecule has 1 fully saturated rings. The maximum absolute atomic E-state index is 13.2. The van der Waals surface area contributed by atoms with Gasteiger partial charge in [-0.1, -0.05) is 0 Å². The van der Waals surface area contributed by atoms with Crippen LogP contribution in [0.15, 0.2) is 30.3 Å². The van der Waals surface area contributed by atoms with Crippen LogP contribution >= 0.6 is 23.7 Å². The molecule has 1 N–H and O–H groups in total. The first-order chi connectivity index (χ1) is 12.0. The zero-order chi connectivity index (χ0) is 17.6. The van der Waals surface area contributed by atoms with E-state index in [1.54, 1.807) is 16.8 Å². The monoisotopic (exact) mass is 394 g/mol. The maximum Gasteiger partial charge on any atom is 0.264 e. The Kier molecular flexibility index (Phi) is 5.32. The Labute approximate surface area is 161 Å². The number of nitrogens with one attached hydrogen (secondary N) is 1. The van der Waals surface area contributed by atoms with Crippen molar-refractivity contribution in [2.45, 2.75) is 19.9 Å². The number of amides is 1. The number of benzene rings is 1. The van der Waals surface area contributed by atoms with Gasteiger partial charge in [-0.25, -0.2) is 9.07 Å². The van der Waals surface area contributed by atoms with Gasteiger partial charge in [0.05, 0.1) is 16.3 Å². The van der Waals surface area contributed by atoms with Crippen LogP contribution in [0.1, 0.15) is 22.3 Å². The lowest BCUT2D eigenvalue weighted by atomic mass is 10.2. The lowest BCUT2D eigenvalue weighted by Crippen LogP contribution is -2.52. The SMILES string of the molecule is Cc1nn(-c2ccc(F)cc2)c2sc(C(=O)N3CCNCC3C)cc12.Cl. The molecule has 1 atom stereocenters. The quantitative estimate of drug-likeness (QED) is 0.724. The van der Waals surface area contributed by atoms with Crippen LogP contribution in [-0.4, -0.2) is 46.3 Å². The normalized spacial score (nSPS) is 17.3. The predicted molar refractivity (Wildman–Crippen MR) is 104 cm³/mol. The lowest BCUT2D eigenvalue weighted by Gasteiger charge is -2.33. The van der Waals surface area contributed by atoms with Crippen molar-refractivity contribution in [3.63, 3.8) is 0 Å². The molecule has 1 aromatic carbocycles. The van der Waals surface area contributed by atoms with Crippen molar-refractivity contribution >= 4 is 39.9 Å². The topological polar surface area (TPSA) is 50.2 Å². The minimum atomic E-state index is -0.279. The lowest BCUT2D eigenvalue weighted by molar-refractivity contribution is 0.0661. The van der Waals surface area contributed by atoms with Gasteiger partial charge in [-0.05, 0) is 44.2 Å². The number of carbonyl (C=O) groups is 1. The van der Waals surface area contributed by atoms with Crippen LogP contribution in [0.3, 0.4) is 0 Å². The van der Waals surface area contributed by atoms with Crippen molar-refractivity contribution in [1.82, 2.24) is 20.0 Å². The minimum absolute atomic E-state index is 0. The number of carbonyl (C=O) groups excluding carboxylic acids is 1. The van der Waals surface area contributed by atoms with E-state index in [4.69, 9.17) is 0 Å². The number of aromatic nitrogens is 2. The Morgan fingerprint density at radius 2 is 2.08 bits per heavy atom. The van der Waals surface area contributed by atoms with Gasteiger partial charge >= 0.3 is 0 Å². The number of hydrogen-bond donors (Lipinski definition) is 1. The van der Waals surface area contributed by atoms with E-state index >= 15 is 0 Å².